The fraction of sp³-hybridized carbons (Fsp3) is 0.700. The molecule has 1 unspecified atom stereocenters. The van der Waals surface area contributed by atoms with Crippen LogP contribution in [0, 0.1) is 0 Å². The summed E-state index contributed by atoms with van der Waals surface area (Å²) in [5.41, 5.74) is 0.952. The van der Waals surface area contributed by atoms with Crippen LogP contribution in [-0.4, -0.2) is 63.6 Å². The molecule has 10 heteroatoms. The summed E-state index contributed by atoms with van der Waals surface area (Å²) in [7, 11) is 1.55. The molecule has 2 rings (SSSR count). The Morgan fingerprint density at radius 1 is 1.27 bits per heavy atom. The summed E-state index contributed by atoms with van der Waals surface area (Å²) >= 11 is 6.04. The second-order valence-electron chi connectivity index (χ2n) is 7.15. The summed E-state index contributed by atoms with van der Waals surface area (Å²) in [6, 6.07) is 0. The van der Waals surface area contributed by atoms with Crippen LogP contribution >= 0.6 is 11.6 Å². The van der Waals surface area contributed by atoms with Crippen LogP contribution in [0.2, 0.25) is 5.28 Å². The number of anilines is 1. The number of nitrogens with one attached hydrogen (secondary N) is 1. The second-order valence-corrected chi connectivity index (χ2v) is 7.49. The molecule has 2 heterocycles. The number of halogens is 1. The first-order valence-corrected chi connectivity index (χ1v) is 10.9. The molecular formula is C20H32ClN5O4. The predicted octanol–water partition coefficient (Wildman–Crippen LogP) is 3.19. The molecule has 0 aromatic carbocycles. The first-order chi connectivity index (χ1) is 14.6. The molecule has 0 saturated carbocycles. The van der Waals surface area contributed by atoms with Gasteiger partial charge in [-0.1, -0.05) is 39.0 Å². The lowest BCUT2D eigenvalue weighted by atomic mass is 10.1. The SMILES string of the molecule is CCCCCCCCOCC(=O)Nc1nc(Cl)nc2c1ncn2CCC(CO)OC. The number of imidazole rings is 1. The van der Waals surface area contributed by atoms with Crippen LogP contribution in [0.3, 0.4) is 0 Å². The smallest absolute Gasteiger partial charge is 0.251 e. The highest BCUT2D eigenvalue weighted by molar-refractivity contribution is 6.28. The first-order valence-electron chi connectivity index (χ1n) is 10.5. The number of amides is 1. The van der Waals surface area contributed by atoms with Crippen molar-refractivity contribution >= 4 is 34.5 Å². The molecule has 168 valence electrons. The topological polar surface area (TPSA) is 111 Å². The molecular weight excluding hydrogens is 410 g/mol. The van der Waals surface area contributed by atoms with Crippen LogP contribution < -0.4 is 5.32 Å². The third-order valence-corrected chi connectivity index (χ3v) is 4.97. The highest BCUT2D eigenvalue weighted by Gasteiger charge is 2.16. The van der Waals surface area contributed by atoms with E-state index in [1.54, 1.807) is 18.0 Å². The van der Waals surface area contributed by atoms with E-state index in [0.29, 0.717) is 30.7 Å². The number of unbranched alkanes of at least 4 members (excludes halogenated alkanes) is 5. The molecule has 1 atom stereocenters. The average Bonchev–Trinajstić information content (AvgIpc) is 3.13. The largest absolute Gasteiger partial charge is 0.394 e. The fourth-order valence-corrected chi connectivity index (χ4v) is 3.22. The van der Waals surface area contributed by atoms with E-state index in [2.05, 4.69) is 27.2 Å². The normalized spacial score (nSPS) is 12.4. The molecule has 0 saturated heterocycles. The van der Waals surface area contributed by atoms with Gasteiger partial charge in [0.25, 0.3) is 5.91 Å². The zero-order chi connectivity index (χ0) is 21.8. The number of nitrogens with zero attached hydrogens (tertiary/aromatic N) is 4. The minimum Gasteiger partial charge on any atom is -0.394 e. The number of aryl methyl sites for hydroxylation is 1. The Labute approximate surface area is 182 Å². The molecule has 0 aliphatic rings. The van der Waals surface area contributed by atoms with Crippen LogP contribution in [0.15, 0.2) is 6.33 Å². The van der Waals surface area contributed by atoms with Crippen molar-refractivity contribution in [2.24, 2.45) is 0 Å². The van der Waals surface area contributed by atoms with E-state index in [-0.39, 0.29) is 36.3 Å². The third-order valence-electron chi connectivity index (χ3n) is 4.80. The number of methoxy groups -OCH3 is 1. The van der Waals surface area contributed by atoms with Gasteiger partial charge in [-0.2, -0.15) is 9.97 Å². The van der Waals surface area contributed by atoms with Gasteiger partial charge in [0.05, 0.1) is 19.0 Å². The Morgan fingerprint density at radius 3 is 2.77 bits per heavy atom. The quantitative estimate of drug-likeness (QED) is 0.322. The molecule has 0 fully saturated rings. The number of carbonyl (C=O) groups excluding carboxylic acids is 1. The maximum atomic E-state index is 12.2. The molecule has 0 radical (unpaired) electrons. The molecule has 1 amide bonds. The van der Waals surface area contributed by atoms with E-state index in [1.807, 2.05) is 0 Å². The van der Waals surface area contributed by atoms with E-state index in [4.69, 9.17) is 21.1 Å². The van der Waals surface area contributed by atoms with Crippen LogP contribution in [-0.2, 0) is 20.8 Å². The minimum absolute atomic E-state index is 0.0120. The monoisotopic (exact) mass is 441 g/mol. The summed E-state index contributed by atoms with van der Waals surface area (Å²) in [4.78, 5) is 24.8. The number of aliphatic hydroxyl groups is 1. The first kappa shape index (κ1) is 24.5. The molecule has 30 heavy (non-hydrogen) atoms. The van der Waals surface area contributed by atoms with E-state index >= 15 is 0 Å². The van der Waals surface area contributed by atoms with Gasteiger partial charge >= 0.3 is 0 Å². The predicted molar refractivity (Wildman–Crippen MR) is 116 cm³/mol. The van der Waals surface area contributed by atoms with Crippen molar-refractivity contribution in [3.8, 4) is 0 Å². The van der Waals surface area contributed by atoms with Gasteiger partial charge in [-0.15, -0.1) is 0 Å². The maximum absolute atomic E-state index is 12.2. The van der Waals surface area contributed by atoms with E-state index < -0.39 is 0 Å². The van der Waals surface area contributed by atoms with E-state index in [0.717, 1.165) is 12.8 Å². The summed E-state index contributed by atoms with van der Waals surface area (Å²) in [5, 5.41) is 12.0. The molecule has 0 aliphatic carbocycles. The van der Waals surface area contributed by atoms with Crippen LogP contribution in [0.4, 0.5) is 5.82 Å². The summed E-state index contributed by atoms with van der Waals surface area (Å²) in [5.74, 6) is -0.0614. The van der Waals surface area contributed by atoms with Crippen molar-refractivity contribution in [2.75, 3.05) is 32.2 Å². The average molecular weight is 442 g/mol. The molecule has 0 spiro atoms. The standard InChI is InChI=1S/C20H32ClN5O4/c1-3-4-5-6-7-8-11-30-13-16(28)23-18-17-19(25-20(21)24-18)26(14-22-17)10-9-15(12-27)29-2/h14-15,27H,3-13H2,1-2H3,(H,23,24,25,28). The number of fused-ring (bicyclic) bond motifs is 1. The Balaban J connectivity index is 1.87. The third kappa shape index (κ3) is 7.79. The molecule has 2 aromatic heterocycles. The lowest BCUT2D eigenvalue weighted by molar-refractivity contribution is -0.120. The molecule has 0 aliphatic heterocycles. The Hall–Kier alpha value is -1.81. The molecule has 2 N–H and O–H groups in total. The van der Waals surface area contributed by atoms with Gasteiger partial charge in [-0.05, 0) is 24.4 Å². The van der Waals surface area contributed by atoms with Crippen molar-refractivity contribution < 1.29 is 19.4 Å². The summed E-state index contributed by atoms with van der Waals surface area (Å²) in [6.45, 7) is 3.15. The van der Waals surface area contributed by atoms with E-state index in [9.17, 15) is 9.90 Å². The van der Waals surface area contributed by atoms with Crippen LogP contribution in [0.5, 0.6) is 0 Å². The highest BCUT2D eigenvalue weighted by Crippen LogP contribution is 2.21. The van der Waals surface area contributed by atoms with Gasteiger partial charge in [0.2, 0.25) is 5.28 Å². The van der Waals surface area contributed by atoms with Gasteiger partial charge in [0.15, 0.2) is 17.0 Å². The summed E-state index contributed by atoms with van der Waals surface area (Å²) in [6.07, 6.45) is 8.91. The van der Waals surface area contributed by atoms with Crippen molar-refractivity contribution in [3.05, 3.63) is 11.6 Å². The molecule has 0 bridgehead atoms. The maximum Gasteiger partial charge on any atom is 0.251 e. The van der Waals surface area contributed by atoms with Gasteiger partial charge in [-0.3, -0.25) is 4.79 Å². The van der Waals surface area contributed by atoms with E-state index in [1.165, 1.54) is 25.7 Å². The Kier molecular flexibility index (Phi) is 11.0. The van der Waals surface area contributed by atoms with Crippen molar-refractivity contribution in [1.29, 1.82) is 0 Å². The number of hydrogen-bond acceptors (Lipinski definition) is 7. The Bertz CT molecular complexity index is 782. The van der Waals surface area contributed by atoms with Crippen molar-refractivity contribution in [1.82, 2.24) is 19.5 Å². The number of hydrogen-bond donors (Lipinski definition) is 2. The summed E-state index contributed by atoms with van der Waals surface area (Å²) < 4.78 is 12.4. The zero-order valence-electron chi connectivity index (χ0n) is 17.8. The second kappa shape index (κ2) is 13.5. The van der Waals surface area contributed by atoms with Gasteiger partial charge in [0.1, 0.15) is 6.61 Å². The lowest BCUT2D eigenvalue weighted by Gasteiger charge is -2.12. The molecule has 9 nitrogen and oxygen atoms in total. The fourth-order valence-electron chi connectivity index (χ4n) is 3.05. The van der Waals surface area contributed by atoms with Crippen LogP contribution in [0.1, 0.15) is 51.9 Å². The number of aromatic nitrogens is 4. The van der Waals surface area contributed by atoms with Gasteiger partial charge in [-0.25, -0.2) is 4.98 Å². The van der Waals surface area contributed by atoms with Crippen molar-refractivity contribution in [3.63, 3.8) is 0 Å². The number of aliphatic hydroxyl groups excluding tert-OH is 1. The van der Waals surface area contributed by atoms with Gasteiger partial charge < -0.3 is 24.5 Å². The number of carbonyl (C=O) groups is 1. The highest BCUT2D eigenvalue weighted by atomic mass is 35.5. The van der Waals surface area contributed by atoms with Crippen molar-refractivity contribution in [2.45, 2.75) is 64.5 Å². The number of rotatable bonds is 15. The van der Waals surface area contributed by atoms with Crippen LogP contribution in [0.25, 0.3) is 11.2 Å². The molecule has 2 aromatic rings. The minimum atomic E-state index is -0.314. The number of ether oxygens (including phenoxy) is 2. The zero-order valence-corrected chi connectivity index (χ0v) is 18.5. The lowest BCUT2D eigenvalue weighted by Crippen LogP contribution is -2.20. The Morgan fingerprint density at radius 2 is 2.03 bits per heavy atom. The van der Waals surface area contributed by atoms with Gasteiger partial charge in [0, 0.05) is 20.3 Å².